The monoisotopic (exact) mass is 470 g/mol. The normalized spacial score (nSPS) is 33.3. The summed E-state index contributed by atoms with van der Waals surface area (Å²) in [6.07, 6.45) is -2.14. The molecule has 3 aliphatic rings. The van der Waals surface area contributed by atoms with Gasteiger partial charge in [0.2, 0.25) is 0 Å². The van der Waals surface area contributed by atoms with Gasteiger partial charge in [0.15, 0.2) is 11.6 Å². The molecule has 5 rings (SSSR count). The maximum Gasteiger partial charge on any atom is 0.164 e. The predicted octanol–water partition coefficient (Wildman–Crippen LogP) is 4.22. The second-order valence-electron chi connectivity index (χ2n) is 10.0. The van der Waals surface area contributed by atoms with E-state index in [0.29, 0.717) is 13.2 Å². The quantitative estimate of drug-likeness (QED) is 0.600. The van der Waals surface area contributed by atoms with Gasteiger partial charge in [-0.05, 0) is 51.0 Å². The molecule has 1 saturated carbocycles. The topological polar surface area (TPSA) is 64.6 Å². The summed E-state index contributed by atoms with van der Waals surface area (Å²) in [7, 11) is 1.66. The SMILES string of the molecule is COc1ccc(CO[C@@H]2[C@H]3OC(C)(C)O[C@@H]3[C@H](OCc3ccccc3)[C@@H]3OC(C)(C)O[C@@H]23)cc1. The largest absolute Gasteiger partial charge is 0.497 e. The average molecular weight is 471 g/mol. The van der Waals surface area contributed by atoms with Gasteiger partial charge in [0, 0.05) is 0 Å². The molecule has 0 unspecified atom stereocenters. The van der Waals surface area contributed by atoms with E-state index in [2.05, 4.69) is 0 Å². The molecule has 2 aromatic carbocycles. The number of hydrogen-bond acceptors (Lipinski definition) is 7. The van der Waals surface area contributed by atoms with Gasteiger partial charge in [0.05, 0.1) is 20.3 Å². The van der Waals surface area contributed by atoms with Crippen LogP contribution in [0.2, 0.25) is 0 Å². The Hall–Kier alpha value is -2.00. The van der Waals surface area contributed by atoms with Crippen LogP contribution in [-0.2, 0) is 41.6 Å². The summed E-state index contributed by atoms with van der Waals surface area (Å²) in [5.74, 6) is -0.720. The minimum Gasteiger partial charge on any atom is -0.497 e. The number of methoxy groups -OCH3 is 1. The zero-order valence-corrected chi connectivity index (χ0v) is 20.4. The Morgan fingerprint density at radius 3 is 1.44 bits per heavy atom. The van der Waals surface area contributed by atoms with Crippen LogP contribution in [-0.4, -0.2) is 55.3 Å². The summed E-state index contributed by atoms with van der Waals surface area (Å²) in [5.41, 5.74) is 2.12. The first-order valence-electron chi connectivity index (χ1n) is 11.9. The van der Waals surface area contributed by atoms with Crippen molar-refractivity contribution < 1.29 is 33.2 Å². The lowest BCUT2D eigenvalue weighted by Crippen LogP contribution is -2.62. The fourth-order valence-electron chi connectivity index (χ4n) is 5.08. The van der Waals surface area contributed by atoms with Gasteiger partial charge in [-0.15, -0.1) is 0 Å². The molecule has 34 heavy (non-hydrogen) atoms. The van der Waals surface area contributed by atoms with E-state index >= 15 is 0 Å². The minimum atomic E-state index is -0.764. The molecular weight excluding hydrogens is 436 g/mol. The summed E-state index contributed by atoms with van der Waals surface area (Å²) in [6.45, 7) is 8.53. The van der Waals surface area contributed by atoms with Crippen LogP contribution in [0, 0.1) is 0 Å². The number of hydrogen-bond donors (Lipinski definition) is 0. The van der Waals surface area contributed by atoms with E-state index in [9.17, 15) is 0 Å². The lowest BCUT2D eigenvalue weighted by Gasteiger charge is -2.42. The van der Waals surface area contributed by atoms with Crippen molar-refractivity contribution in [3.05, 3.63) is 65.7 Å². The lowest BCUT2D eigenvalue weighted by atomic mass is 9.84. The highest BCUT2D eigenvalue weighted by Gasteiger charge is 2.64. The van der Waals surface area contributed by atoms with Crippen LogP contribution in [0.15, 0.2) is 54.6 Å². The molecule has 0 spiro atoms. The summed E-state index contributed by atoms with van der Waals surface area (Å²) in [6, 6.07) is 17.9. The summed E-state index contributed by atoms with van der Waals surface area (Å²) >= 11 is 0. The van der Waals surface area contributed by atoms with Crippen molar-refractivity contribution in [1.82, 2.24) is 0 Å². The molecule has 7 nitrogen and oxygen atoms in total. The van der Waals surface area contributed by atoms with E-state index in [-0.39, 0.29) is 36.6 Å². The molecule has 2 aromatic rings. The van der Waals surface area contributed by atoms with Gasteiger partial charge in [-0.25, -0.2) is 0 Å². The second-order valence-corrected chi connectivity index (χ2v) is 10.0. The van der Waals surface area contributed by atoms with Crippen LogP contribution in [0.3, 0.4) is 0 Å². The highest BCUT2D eigenvalue weighted by atomic mass is 16.8. The van der Waals surface area contributed by atoms with Crippen molar-refractivity contribution in [1.29, 1.82) is 0 Å². The van der Waals surface area contributed by atoms with E-state index in [4.69, 9.17) is 33.2 Å². The van der Waals surface area contributed by atoms with Crippen LogP contribution in [0.4, 0.5) is 0 Å². The zero-order chi connectivity index (χ0) is 23.9. The molecule has 0 amide bonds. The first kappa shape index (κ1) is 23.7. The molecule has 1 aliphatic carbocycles. The first-order valence-corrected chi connectivity index (χ1v) is 11.9. The maximum atomic E-state index is 6.46. The molecule has 3 fully saturated rings. The molecule has 2 saturated heterocycles. The Balaban J connectivity index is 1.39. The number of ether oxygens (including phenoxy) is 7. The standard InChI is InChI=1S/C27H34O7/c1-26(2)31-22-20(29-15-17-9-7-6-8-10-17)23-25(34-27(3,4)32-23)21(24(22)33-26)30-16-18-11-13-19(28-5)14-12-18/h6-14,20-25H,15-16H2,1-5H3/t20-,21+,22+,23-,24+,25-. The lowest BCUT2D eigenvalue weighted by molar-refractivity contribution is -0.191. The highest BCUT2D eigenvalue weighted by Crippen LogP contribution is 2.46. The van der Waals surface area contributed by atoms with Crippen molar-refractivity contribution in [2.75, 3.05) is 7.11 Å². The molecule has 0 N–H and O–H groups in total. The molecular formula is C27H34O7. The fourth-order valence-corrected chi connectivity index (χ4v) is 5.08. The molecule has 184 valence electrons. The third-order valence-corrected chi connectivity index (χ3v) is 6.51. The van der Waals surface area contributed by atoms with E-state index in [1.807, 2.05) is 82.3 Å². The zero-order valence-electron chi connectivity index (χ0n) is 20.4. The minimum absolute atomic E-state index is 0.349. The number of fused-ring (bicyclic) bond motifs is 2. The smallest absolute Gasteiger partial charge is 0.164 e. The van der Waals surface area contributed by atoms with E-state index in [0.717, 1.165) is 16.9 Å². The molecule has 6 atom stereocenters. The molecule has 0 bridgehead atoms. The third kappa shape index (κ3) is 4.87. The summed E-state index contributed by atoms with van der Waals surface area (Å²) < 4.78 is 43.6. The van der Waals surface area contributed by atoms with E-state index < -0.39 is 11.6 Å². The number of rotatable bonds is 7. The first-order chi connectivity index (χ1) is 16.2. The van der Waals surface area contributed by atoms with Gasteiger partial charge in [0.25, 0.3) is 0 Å². The van der Waals surface area contributed by atoms with Crippen molar-refractivity contribution in [3.63, 3.8) is 0 Å². The summed E-state index contributed by atoms with van der Waals surface area (Å²) in [4.78, 5) is 0. The van der Waals surface area contributed by atoms with Crippen LogP contribution in [0.25, 0.3) is 0 Å². The summed E-state index contributed by atoms with van der Waals surface area (Å²) in [5, 5.41) is 0. The Kier molecular flexibility index (Phi) is 6.44. The van der Waals surface area contributed by atoms with Crippen LogP contribution in [0.1, 0.15) is 38.8 Å². The van der Waals surface area contributed by atoms with Crippen LogP contribution >= 0.6 is 0 Å². The predicted molar refractivity (Wildman–Crippen MR) is 124 cm³/mol. The average Bonchev–Trinajstić information content (AvgIpc) is 3.31. The Morgan fingerprint density at radius 1 is 0.618 bits per heavy atom. The Morgan fingerprint density at radius 2 is 1.03 bits per heavy atom. The molecule has 0 aromatic heterocycles. The Bertz CT molecular complexity index is 927. The van der Waals surface area contributed by atoms with Gasteiger partial charge in [-0.3, -0.25) is 0 Å². The van der Waals surface area contributed by atoms with Crippen molar-refractivity contribution in [2.45, 2.75) is 89.1 Å². The fraction of sp³-hybridized carbons (Fsp3) is 0.556. The van der Waals surface area contributed by atoms with Gasteiger partial charge in [-0.1, -0.05) is 42.5 Å². The number of benzene rings is 2. The third-order valence-electron chi connectivity index (χ3n) is 6.51. The van der Waals surface area contributed by atoms with Crippen molar-refractivity contribution >= 4 is 0 Å². The van der Waals surface area contributed by atoms with Gasteiger partial charge in [-0.2, -0.15) is 0 Å². The van der Waals surface area contributed by atoms with Crippen molar-refractivity contribution in [3.8, 4) is 5.75 Å². The van der Waals surface area contributed by atoms with Crippen molar-refractivity contribution in [2.24, 2.45) is 0 Å². The molecule has 2 heterocycles. The van der Waals surface area contributed by atoms with Crippen LogP contribution < -0.4 is 4.74 Å². The van der Waals surface area contributed by atoms with E-state index in [1.54, 1.807) is 7.11 Å². The Labute approximate surface area is 201 Å². The molecule has 2 aliphatic heterocycles. The van der Waals surface area contributed by atoms with E-state index in [1.165, 1.54) is 0 Å². The molecule has 0 radical (unpaired) electrons. The second kappa shape index (κ2) is 9.22. The van der Waals surface area contributed by atoms with Gasteiger partial charge < -0.3 is 33.2 Å². The maximum absolute atomic E-state index is 6.46. The van der Waals surface area contributed by atoms with Crippen LogP contribution in [0.5, 0.6) is 5.75 Å². The van der Waals surface area contributed by atoms with Gasteiger partial charge in [0.1, 0.15) is 42.4 Å². The molecule has 7 heteroatoms. The highest BCUT2D eigenvalue weighted by molar-refractivity contribution is 5.26. The van der Waals surface area contributed by atoms with Gasteiger partial charge >= 0.3 is 0 Å².